The van der Waals surface area contributed by atoms with E-state index < -0.39 is 11.6 Å². The molecule has 0 aliphatic rings. The molecule has 0 aliphatic heterocycles. The van der Waals surface area contributed by atoms with Gasteiger partial charge in [0.05, 0.1) is 0 Å². The van der Waals surface area contributed by atoms with Crippen LogP contribution in [0.3, 0.4) is 0 Å². The predicted molar refractivity (Wildman–Crippen MR) is 205 cm³/mol. The molecule has 0 bridgehead atoms. The zero-order chi connectivity index (χ0) is 37.1. The molecule has 9 heteroatoms. The zero-order valence-corrected chi connectivity index (χ0v) is 29.0. The van der Waals surface area contributed by atoms with Gasteiger partial charge in [-0.1, -0.05) is 170 Å². The van der Waals surface area contributed by atoms with Gasteiger partial charge < -0.3 is 0 Å². The minimum absolute atomic E-state index is 0.0741. The maximum Gasteiger partial charge on any atom is 0.402 e. The van der Waals surface area contributed by atoms with Crippen LogP contribution in [-0.2, 0) is 5.41 Å². The number of alkyl halides is 3. The van der Waals surface area contributed by atoms with Crippen molar-refractivity contribution >= 4 is 0 Å². The first-order chi connectivity index (χ1) is 26.3. The Hall–Kier alpha value is -6.87. The molecule has 0 unspecified atom stereocenters. The summed E-state index contributed by atoms with van der Waals surface area (Å²) < 4.78 is 45.7. The lowest BCUT2D eigenvalue weighted by atomic mass is 9.75. The highest BCUT2D eigenvalue weighted by Crippen LogP contribution is 2.46. The number of benzene rings is 6. The minimum Gasteiger partial charge on any atom is -0.208 e. The van der Waals surface area contributed by atoms with Gasteiger partial charge in [0, 0.05) is 33.4 Å². The molecule has 0 saturated carbocycles. The predicted octanol–water partition coefficient (Wildman–Crippen LogP) is 10.9. The van der Waals surface area contributed by atoms with E-state index in [0.29, 0.717) is 46.1 Å². The molecule has 54 heavy (non-hydrogen) atoms. The fourth-order valence-electron chi connectivity index (χ4n) is 6.27. The maximum absolute atomic E-state index is 15.2. The first kappa shape index (κ1) is 34.2. The highest BCUT2D eigenvalue weighted by Gasteiger charge is 2.53. The Morgan fingerprint density at radius 2 is 0.500 bits per heavy atom. The molecule has 0 saturated heterocycles. The molecule has 8 rings (SSSR count). The highest BCUT2D eigenvalue weighted by molar-refractivity contribution is 5.68. The molecular weight excluding hydrogens is 682 g/mol. The van der Waals surface area contributed by atoms with Gasteiger partial charge in [-0.3, -0.25) is 0 Å². The molecule has 0 N–H and O–H groups in total. The Morgan fingerprint density at radius 1 is 0.296 bits per heavy atom. The molecule has 2 heterocycles. The van der Waals surface area contributed by atoms with Crippen LogP contribution in [-0.4, -0.2) is 36.1 Å². The van der Waals surface area contributed by atoms with Crippen LogP contribution in [0.2, 0.25) is 0 Å². The topological polar surface area (TPSA) is 77.3 Å². The Labute approximate surface area is 310 Å². The van der Waals surface area contributed by atoms with Crippen LogP contribution in [0, 0.1) is 0 Å². The van der Waals surface area contributed by atoms with Gasteiger partial charge in [0.15, 0.2) is 34.9 Å². The standard InChI is InChI=1S/C45H31F3N6/c1-44(45(46,47)48,36-26-22-34(23-27-36)42-51-38(30-14-6-2-7-15-30)49-39(52-42)31-16-8-3-9-17-31)37-28-24-35(25-29-37)43-53-40(32-18-10-4-11-19-32)50-41(54-43)33-20-12-5-13-21-33/h2-29H,1H3. The van der Waals surface area contributed by atoms with E-state index in [0.717, 1.165) is 22.3 Å². The molecule has 6 aromatic carbocycles. The Kier molecular flexibility index (Phi) is 9.05. The molecule has 8 aromatic rings. The van der Waals surface area contributed by atoms with Crippen molar-refractivity contribution in [3.05, 3.63) is 181 Å². The van der Waals surface area contributed by atoms with E-state index >= 15 is 13.2 Å². The number of nitrogens with zero attached hydrogens (tertiary/aromatic N) is 6. The van der Waals surface area contributed by atoms with Gasteiger partial charge >= 0.3 is 6.18 Å². The first-order valence-electron chi connectivity index (χ1n) is 17.3. The van der Waals surface area contributed by atoms with Crippen LogP contribution in [0.15, 0.2) is 170 Å². The summed E-state index contributed by atoms with van der Waals surface area (Å²) >= 11 is 0. The van der Waals surface area contributed by atoms with Crippen molar-refractivity contribution in [1.29, 1.82) is 0 Å². The lowest BCUT2D eigenvalue weighted by Gasteiger charge is -2.33. The number of aromatic nitrogens is 6. The number of hydrogen-bond acceptors (Lipinski definition) is 6. The second-order valence-corrected chi connectivity index (χ2v) is 12.9. The Morgan fingerprint density at radius 3 is 0.704 bits per heavy atom. The monoisotopic (exact) mass is 712 g/mol. The first-order valence-corrected chi connectivity index (χ1v) is 17.3. The zero-order valence-electron chi connectivity index (χ0n) is 29.0. The van der Waals surface area contributed by atoms with Crippen molar-refractivity contribution in [1.82, 2.24) is 29.9 Å². The third-order valence-electron chi connectivity index (χ3n) is 9.41. The van der Waals surface area contributed by atoms with E-state index in [4.69, 9.17) is 29.9 Å². The van der Waals surface area contributed by atoms with Gasteiger partial charge in [0.2, 0.25) is 0 Å². The largest absolute Gasteiger partial charge is 0.402 e. The SMILES string of the molecule is CC(c1ccc(-c2nc(-c3ccccc3)nc(-c3ccccc3)n2)cc1)(c1ccc(-c2nc(-c3ccccc3)nc(-c3ccccc3)n2)cc1)C(F)(F)F. The van der Waals surface area contributed by atoms with Gasteiger partial charge in [0.1, 0.15) is 5.41 Å². The summed E-state index contributed by atoms with van der Waals surface area (Å²) in [5.41, 5.74) is 2.13. The number of halogens is 3. The van der Waals surface area contributed by atoms with Crippen molar-refractivity contribution in [2.45, 2.75) is 18.5 Å². The van der Waals surface area contributed by atoms with Gasteiger partial charge in [-0.15, -0.1) is 0 Å². The average molecular weight is 713 g/mol. The lowest BCUT2D eigenvalue weighted by molar-refractivity contribution is -0.173. The Balaban J connectivity index is 1.16. The van der Waals surface area contributed by atoms with E-state index in [1.807, 2.05) is 121 Å². The minimum atomic E-state index is -4.63. The normalized spacial score (nSPS) is 11.7. The second-order valence-electron chi connectivity index (χ2n) is 12.9. The quantitative estimate of drug-likeness (QED) is 0.156. The number of rotatable bonds is 8. The summed E-state index contributed by atoms with van der Waals surface area (Å²) in [7, 11) is 0. The van der Waals surface area contributed by atoms with Crippen LogP contribution >= 0.6 is 0 Å². The second kappa shape index (κ2) is 14.3. The smallest absolute Gasteiger partial charge is 0.208 e. The molecule has 0 fully saturated rings. The molecule has 0 aliphatic carbocycles. The van der Waals surface area contributed by atoms with E-state index in [2.05, 4.69) is 0 Å². The summed E-state index contributed by atoms with van der Waals surface area (Å²) in [6.07, 6.45) is -4.63. The van der Waals surface area contributed by atoms with E-state index in [9.17, 15) is 0 Å². The summed E-state index contributed by atoms with van der Waals surface area (Å²) in [4.78, 5) is 28.3. The third kappa shape index (κ3) is 6.75. The fourth-order valence-corrected chi connectivity index (χ4v) is 6.27. The van der Waals surface area contributed by atoms with E-state index in [1.54, 1.807) is 24.3 Å². The molecule has 262 valence electrons. The van der Waals surface area contributed by atoms with Crippen molar-refractivity contribution in [2.24, 2.45) is 0 Å². The van der Waals surface area contributed by atoms with Crippen molar-refractivity contribution in [3.8, 4) is 68.3 Å². The van der Waals surface area contributed by atoms with E-state index in [1.165, 1.54) is 31.2 Å². The summed E-state index contributed by atoms with van der Waals surface area (Å²) in [6, 6.07) is 50.6. The van der Waals surface area contributed by atoms with E-state index in [-0.39, 0.29) is 11.1 Å². The Bertz CT molecular complexity index is 2230. The van der Waals surface area contributed by atoms with Crippen LogP contribution in [0.4, 0.5) is 13.2 Å². The van der Waals surface area contributed by atoms with Crippen LogP contribution in [0.5, 0.6) is 0 Å². The molecule has 0 spiro atoms. The summed E-state index contributed by atoms with van der Waals surface area (Å²) in [5, 5.41) is 0. The summed E-state index contributed by atoms with van der Waals surface area (Å²) in [5.74, 6) is 2.58. The van der Waals surface area contributed by atoms with Crippen LogP contribution < -0.4 is 0 Å². The van der Waals surface area contributed by atoms with Crippen molar-refractivity contribution in [3.63, 3.8) is 0 Å². The van der Waals surface area contributed by atoms with Gasteiger partial charge in [-0.25, -0.2) is 29.9 Å². The molecule has 0 radical (unpaired) electrons. The number of hydrogen-bond donors (Lipinski definition) is 0. The molecule has 0 amide bonds. The lowest BCUT2D eigenvalue weighted by Crippen LogP contribution is -2.40. The summed E-state index contributed by atoms with van der Waals surface area (Å²) in [6.45, 7) is 1.20. The van der Waals surface area contributed by atoms with Crippen LogP contribution in [0.25, 0.3) is 68.3 Å². The molecule has 0 atom stereocenters. The van der Waals surface area contributed by atoms with Crippen molar-refractivity contribution in [2.75, 3.05) is 0 Å². The fraction of sp³-hybridized carbons (Fsp3) is 0.0667. The van der Waals surface area contributed by atoms with Gasteiger partial charge in [-0.2, -0.15) is 13.2 Å². The molecule has 6 nitrogen and oxygen atoms in total. The maximum atomic E-state index is 15.2. The highest BCUT2D eigenvalue weighted by atomic mass is 19.4. The molecule has 2 aromatic heterocycles. The van der Waals surface area contributed by atoms with Crippen molar-refractivity contribution < 1.29 is 13.2 Å². The van der Waals surface area contributed by atoms with Gasteiger partial charge in [-0.05, 0) is 18.1 Å². The van der Waals surface area contributed by atoms with Crippen LogP contribution in [0.1, 0.15) is 18.1 Å². The average Bonchev–Trinajstić information content (AvgIpc) is 3.24. The molecular formula is C45H31F3N6. The third-order valence-corrected chi connectivity index (χ3v) is 9.41. The van der Waals surface area contributed by atoms with Gasteiger partial charge in [0.25, 0.3) is 0 Å².